The van der Waals surface area contributed by atoms with Gasteiger partial charge < -0.3 is 20.4 Å². The van der Waals surface area contributed by atoms with Crippen LogP contribution in [0.25, 0.3) is 0 Å². The fraction of sp³-hybridized carbons (Fsp3) is 0.400. The lowest BCUT2D eigenvalue weighted by atomic mass is 10.4. The molecule has 0 spiro atoms. The number of guanidine groups is 1. The number of aromatic nitrogens is 1. The Morgan fingerprint density at radius 3 is 2.91 bits per heavy atom. The van der Waals surface area contributed by atoms with Gasteiger partial charge in [0.05, 0.1) is 24.4 Å². The number of rotatable bonds is 7. The van der Waals surface area contributed by atoms with E-state index >= 15 is 0 Å². The maximum Gasteiger partial charge on any atom is 0.239 e. The maximum atomic E-state index is 11.8. The Hall–Kier alpha value is -2.35. The number of carbonyl (C=O) groups is 1. The number of hydrogen-bond acceptors (Lipinski definition) is 5. The number of nitrogens with one attached hydrogen (secondary N) is 3. The van der Waals surface area contributed by atoms with Crippen LogP contribution in [-0.2, 0) is 17.8 Å². The number of thiazole rings is 1. The molecule has 124 valence electrons. The van der Waals surface area contributed by atoms with Crippen molar-refractivity contribution >= 4 is 23.2 Å². The molecule has 0 fully saturated rings. The average Bonchev–Trinajstić information content (AvgIpc) is 3.20. The third-order valence-corrected chi connectivity index (χ3v) is 3.95. The highest BCUT2D eigenvalue weighted by molar-refractivity contribution is 7.11. The lowest BCUT2D eigenvalue weighted by Gasteiger charge is -2.11. The van der Waals surface area contributed by atoms with Crippen LogP contribution in [0.4, 0.5) is 0 Å². The summed E-state index contributed by atoms with van der Waals surface area (Å²) in [5.41, 5.74) is 0. The summed E-state index contributed by atoms with van der Waals surface area (Å²) >= 11 is 1.69. The van der Waals surface area contributed by atoms with Crippen LogP contribution in [0.2, 0.25) is 0 Å². The average molecular weight is 335 g/mol. The quantitative estimate of drug-likeness (QED) is 0.520. The van der Waals surface area contributed by atoms with Crippen LogP contribution in [0.5, 0.6) is 0 Å². The van der Waals surface area contributed by atoms with Crippen molar-refractivity contribution in [3.05, 3.63) is 40.2 Å². The predicted molar refractivity (Wildman–Crippen MR) is 90.5 cm³/mol. The van der Waals surface area contributed by atoms with Crippen molar-refractivity contribution in [1.82, 2.24) is 20.9 Å². The second kappa shape index (κ2) is 8.94. The first kappa shape index (κ1) is 17.0. The zero-order valence-electron chi connectivity index (χ0n) is 13.3. The Kier molecular flexibility index (Phi) is 6.61. The molecule has 0 aromatic carbocycles. The minimum atomic E-state index is -0.125. The third-order valence-electron chi connectivity index (χ3n) is 2.98. The van der Waals surface area contributed by atoms with Crippen LogP contribution >= 0.6 is 11.3 Å². The summed E-state index contributed by atoms with van der Waals surface area (Å²) in [5, 5.41) is 9.98. The van der Waals surface area contributed by atoms with Gasteiger partial charge in [0.2, 0.25) is 5.91 Å². The van der Waals surface area contributed by atoms with E-state index in [-0.39, 0.29) is 12.5 Å². The molecule has 23 heavy (non-hydrogen) atoms. The molecule has 0 saturated heterocycles. The number of furan rings is 1. The van der Waals surface area contributed by atoms with E-state index in [0.717, 1.165) is 17.2 Å². The highest BCUT2D eigenvalue weighted by atomic mass is 32.1. The largest absolute Gasteiger partial charge is 0.467 e. The smallest absolute Gasteiger partial charge is 0.239 e. The molecular weight excluding hydrogens is 314 g/mol. The Bertz CT molecular complexity index is 636. The van der Waals surface area contributed by atoms with Gasteiger partial charge in [0.1, 0.15) is 5.76 Å². The van der Waals surface area contributed by atoms with Gasteiger partial charge in [0.25, 0.3) is 0 Å². The number of aliphatic imine (C=N–C) groups is 1. The van der Waals surface area contributed by atoms with Crippen molar-refractivity contribution in [3.63, 3.8) is 0 Å². The summed E-state index contributed by atoms with van der Waals surface area (Å²) < 4.78 is 5.15. The first-order valence-electron chi connectivity index (χ1n) is 7.32. The molecule has 8 heteroatoms. The van der Waals surface area contributed by atoms with E-state index in [2.05, 4.69) is 25.9 Å². The SMILES string of the molecule is CN=C(NCCc1ncc(C)s1)NCC(=O)NCc1ccco1. The first-order chi connectivity index (χ1) is 11.2. The number of carbonyl (C=O) groups excluding carboxylic acids is 1. The minimum Gasteiger partial charge on any atom is -0.467 e. The molecule has 0 atom stereocenters. The van der Waals surface area contributed by atoms with E-state index in [9.17, 15) is 4.79 Å². The number of amides is 1. The van der Waals surface area contributed by atoms with Gasteiger partial charge in [-0.15, -0.1) is 11.3 Å². The van der Waals surface area contributed by atoms with Gasteiger partial charge in [-0.05, 0) is 19.1 Å². The molecule has 2 aromatic rings. The molecule has 0 saturated carbocycles. The van der Waals surface area contributed by atoms with Crippen molar-refractivity contribution in [2.24, 2.45) is 4.99 Å². The molecule has 2 aromatic heterocycles. The molecule has 0 aliphatic rings. The van der Waals surface area contributed by atoms with E-state index in [0.29, 0.717) is 19.0 Å². The van der Waals surface area contributed by atoms with Gasteiger partial charge in [0, 0.05) is 31.1 Å². The molecule has 2 rings (SSSR count). The third kappa shape index (κ3) is 6.11. The minimum absolute atomic E-state index is 0.125. The van der Waals surface area contributed by atoms with Crippen LogP contribution in [0.3, 0.4) is 0 Å². The molecular formula is C15H21N5O2S. The summed E-state index contributed by atoms with van der Waals surface area (Å²) in [6.45, 7) is 3.27. The highest BCUT2D eigenvalue weighted by Gasteiger charge is 2.05. The van der Waals surface area contributed by atoms with Crippen LogP contribution < -0.4 is 16.0 Å². The molecule has 3 N–H and O–H groups in total. The molecule has 0 aliphatic carbocycles. The van der Waals surface area contributed by atoms with E-state index in [1.165, 1.54) is 4.88 Å². The Morgan fingerprint density at radius 2 is 2.26 bits per heavy atom. The van der Waals surface area contributed by atoms with Gasteiger partial charge in [-0.2, -0.15) is 0 Å². The molecule has 0 radical (unpaired) electrons. The zero-order valence-corrected chi connectivity index (χ0v) is 14.1. The fourth-order valence-electron chi connectivity index (χ4n) is 1.85. The second-order valence-corrected chi connectivity index (χ2v) is 6.14. The Labute approximate surface area is 139 Å². The number of aryl methyl sites for hydroxylation is 1. The van der Waals surface area contributed by atoms with Gasteiger partial charge in [-0.25, -0.2) is 4.98 Å². The van der Waals surface area contributed by atoms with Gasteiger partial charge in [0.15, 0.2) is 5.96 Å². The summed E-state index contributed by atoms with van der Waals surface area (Å²) in [5.74, 6) is 1.19. The van der Waals surface area contributed by atoms with Crippen molar-refractivity contribution in [2.75, 3.05) is 20.1 Å². The molecule has 1 amide bonds. The predicted octanol–water partition coefficient (Wildman–Crippen LogP) is 1.07. The zero-order chi connectivity index (χ0) is 16.5. The Morgan fingerprint density at radius 1 is 1.39 bits per heavy atom. The lowest BCUT2D eigenvalue weighted by molar-refractivity contribution is -0.120. The monoisotopic (exact) mass is 335 g/mol. The number of nitrogens with zero attached hydrogens (tertiary/aromatic N) is 2. The fourth-order valence-corrected chi connectivity index (χ4v) is 2.64. The van der Waals surface area contributed by atoms with E-state index in [1.807, 2.05) is 19.2 Å². The normalized spacial score (nSPS) is 11.3. The molecule has 0 bridgehead atoms. The van der Waals surface area contributed by atoms with E-state index < -0.39 is 0 Å². The maximum absolute atomic E-state index is 11.8. The molecule has 0 unspecified atom stereocenters. The van der Waals surface area contributed by atoms with Gasteiger partial charge >= 0.3 is 0 Å². The summed E-state index contributed by atoms with van der Waals surface area (Å²) in [4.78, 5) is 21.3. The van der Waals surface area contributed by atoms with Crippen molar-refractivity contribution in [2.45, 2.75) is 19.9 Å². The summed E-state index contributed by atoms with van der Waals surface area (Å²) in [6.07, 6.45) is 4.27. The molecule has 2 heterocycles. The van der Waals surface area contributed by atoms with Crippen LogP contribution in [-0.4, -0.2) is 37.0 Å². The van der Waals surface area contributed by atoms with Crippen LogP contribution in [0, 0.1) is 6.92 Å². The standard InChI is InChI=1S/C15H21N5O2S/c1-11-8-19-14(23-11)5-6-17-15(16-2)20-10-13(21)18-9-12-4-3-7-22-12/h3-4,7-8H,5-6,9-10H2,1-2H3,(H,18,21)(H2,16,17,20). The van der Waals surface area contributed by atoms with Gasteiger partial charge in [-0.1, -0.05) is 0 Å². The molecule has 7 nitrogen and oxygen atoms in total. The number of hydrogen-bond donors (Lipinski definition) is 3. The van der Waals surface area contributed by atoms with Crippen LogP contribution in [0.1, 0.15) is 15.6 Å². The van der Waals surface area contributed by atoms with E-state index in [1.54, 1.807) is 30.7 Å². The van der Waals surface area contributed by atoms with Crippen molar-refractivity contribution in [1.29, 1.82) is 0 Å². The van der Waals surface area contributed by atoms with Crippen molar-refractivity contribution < 1.29 is 9.21 Å². The molecule has 0 aliphatic heterocycles. The lowest BCUT2D eigenvalue weighted by Crippen LogP contribution is -2.43. The van der Waals surface area contributed by atoms with E-state index in [4.69, 9.17) is 4.42 Å². The highest BCUT2D eigenvalue weighted by Crippen LogP contribution is 2.10. The summed E-state index contributed by atoms with van der Waals surface area (Å²) in [7, 11) is 1.67. The van der Waals surface area contributed by atoms with Gasteiger partial charge in [-0.3, -0.25) is 9.79 Å². The first-order valence-corrected chi connectivity index (χ1v) is 8.14. The van der Waals surface area contributed by atoms with Crippen LogP contribution in [0.15, 0.2) is 34.0 Å². The topological polar surface area (TPSA) is 91.5 Å². The Balaban J connectivity index is 1.63. The summed E-state index contributed by atoms with van der Waals surface area (Å²) in [6, 6.07) is 3.60. The van der Waals surface area contributed by atoms with Crippen molar-refractivity contribution in [3.8, 4) is 0 Å². The second-order valence-electron chi connectivity index (χ2n) is 4.82.